The lowest BCUT2D eigenvalue weighted by Crippen LogP contribution is -2.03. The predicted molar refractivity (Wildman–Crippen MR) is 62.5 cm³/mol. The van der Waals surface area contributed by atoms with Crippen LogP contribution >= 0.6 is 0 Å². The number of benzene rings is 1. The summed E-state index contributed by atoms with van der Waals surface area (Å²) >= 11 is 0. The van der Waals surface area contributed by atoms with Crippen LogP contribution in [0.3, 0.4) is 0 Å². The van der Waals surface area contributed by atoms with Crippen molar-refractivity contribution in [1.29, 1.82) is 0 Å². The van der Waals surface area contributed by atoms with E-state index < -0.39 is 11.6 Å². The molecule has 0 radical (unpaired) electrons. The van der Waals surface area contributed by atoms with E-state index in [0.717, 1.165) is 18.2 Å². The summed E-state index contributed by atoms with van der Waals surface area (Å²) in [6.07, 6.45) is 0. The Morgan fingerprint density at radius 2 is 2.00 bits per heavy atom. The normalized spacial score (nSPS) is 10.6. The van der Waals surface area contributed by atoms with Crippen LogP contribution in [0.25, 0.3) is 11.3 Å². The van der Waals surface area contributed by atoms with Crippen molar-refractivity contribution in [2.24, 2.45) is 0 Å². The van der Waals surface area contributed by atoms with Crippen LogP contribution in [0.2, 0.25) is 0 Å². The standard InChI is InChI=1S/C12H11F2N3O/c1-18-6-12-16-10(5-11(15)17-12)8-4-7(13)2-3-9(8)14/h2-5H,6H2,1H3,(H2,15,16,17). The molecule has 4 nitrogen and oxygen atoms in total. The summed E-state index contributed by atoms with van der Waals surface area (Å²) in [5, 5.41) is 0. The van der Waals surface area contributed by atoms with Gasteiger partial charge >= 0.3 is 0 Å². The first kappa shape index (κ1) is 12.4. The maximum absolute atomic E-state index is 13.6. The summed E-state index contributed by atoms with van der Waals surface area (Å²) in [6.45, 7) is 0.148. The lowest BCUT2D eigenvalue weighted by molar-refractivity contribution is 0.178. The Balaban J connectivity index is 2.52. The molecule has 0 bridgehead atoms. The molecule has 0 aliphatic heterocycles. The van der Waals surface area contributed by atoms with E-state index in [1.165, 1.54) is 13.2 Å². The van der Waals surface area contributed by atoms with Crippen molar-refractivity contribution in [3.8, 4) is 11.3 Å². The molecule has 2 N–H and O–H groups in total. The van der Waals surface area contributed by atoms with Crippen molar-refractivity contribution in [1.82, 2.24) is 9.97 Å². The van der Waals surface area contributed by atoms with Gasteiger partial charge in [-0.1, -0.05) is 0 Å². The Kier molecular flexibility index (Phi) is 3.47. The third-order valence-electron chi connectivity index (χ3n) is 2.27. The van der Waals surface area contributed by atoms with Gasteiger partial charge in [-0.15, -0.1) is 0 Å². The van der Waals surface area contributed by atoms with E-state index in [2.05, 4.69) is 9.97 Å². The number of halogens is 2. The summed E-state index contributed by atoms with van der Waals surface area (Å²) in [4.78, 5) is 8.00. The molecule has 0 atom stereocenters. The molecule has 1 aromatic heterocycles. The molecule has 0 spiro atoms. The SMILES string of the molecule is COCc1nc(N)cc(-c2cc(F)ccc2F)n1. The topological polar surface area (TPSA) is 61.0 Å². The van der Waals surface area contributed by atoms with Crippen LogP contribution in [0.5, 0.6) is 0 Å². The van der Waals surface area contributed by atoms with Crippen molar-refractivity contribution >= 4 is 5.82 Å². The Morgan fingerprint density at radius 1 is 1.22 bits per heavy atom. The third-order valence-corrected chi connectivity index (χ3v) is 2.27. The smallest absolute Gasteiger partial charge is 0.157 e. The molecule has 18 heavy (non-hydrogen) atoms. The van der Waals surface area contributed by atoms with Crippen LogP contribution in [0.15, 0.2) is 24.3 Å². The Bertz CT molecular complexity index is 575. The monoisotopic (exact) mass is 251 g/mol. The molecule has 0 saturated carbocycles. The molecule has 0 unspecified atom stereocenters. The predicted octanol–water partition coefficient (Wildman–Crippen LogP) is 2.15. The molecule has 94 valence electrons. The van der Waals surface area contributed by atoms with E-state index in [-0.39, 0.29) is 23.7 Å². The molecule has 2 aromatic rings. The maximum atomic E-state index is 13.6. The fraction of sp³-hybridized carbons (Fsp3) is 0.167. The first-order valence-corrected chi connectivity index (χ1v) is 5.18. The van der Waals surface area contributed by atoms with Crippen LogP contribution in [0, 0.1) is 11.6 Å². The molecule has 0 fully saturated rings. The van der Waals surface area contributed by atoms with E-state index in [1.807, 2.05) is 0 Å². The molecule has 1 aromatic carbocycles. The highest BCUT2D eigenvalue weighted by Gasteiger charge is 2.10. The minimum atomic E-state index is -0.571. The number of nitrogen functional groups attached to an aromatic ring is 1. The molecule has 1 heterocycles. The Hall–Kier alpha value is -2.08. The summed E-state index contributed by atoms with van der Waals surface area (Å²) in [5.41, 5.74) is 5.86. The van der Waals surface area contributed by atoms with E-state index >= 15 is 0 Å². The highest BCUT2D eigenvalue weighted by atomic mass is 19.1. The highest BCUT2D eigenvalue weighted by Crippen LogP contribution is 2.23. The van der Waals surface area contributed by atoms with E-state index in [9.17, 15) is 8.78 Å². The first-order chi connectivity index (χ1) is 8.60. The number of aromatic nitrogens is 2. The molecule has 0 aliphatic rings. The first-order valence-electron chi connectivity index (χ1n) is 5.18. The van der Waals surface area contributed by atoms with Gasteiger partial charge in [0.2, 0.25) is 0 Å². The number of nitrogens with two attached hydrogens (primary N) is 1. The van der Waals surface area contributed by atoms with E-state index in [0.29, 0.717) is 5.82 Å². The second-order valence-corrected chi connectivity index (χ2v) is 3.65. The number of nitrogens with zero attached hydrogens (tertiary/aromatic N) is 2. The van der Waals surface area contributed by atoms with Gasteiger partial charge in [0.15, 0.2) is 5.82 Å². The van der Waals surface area contributed by atoms with Gasteiger partial charge in [-0.2, -0.15) is 0 Å². The minimum Gasteiger partial charge on any atom is -0.384 e. The van der Waals surface area contributed by atoms with E-state index in [4.69, 9.17) is 10.5 Å². The van der Waals surface area contributed by atoms with Gasteiger partial charge in [-0.25, -0.2) is 18.7 Å². The van der Waals surface area contributed by atoms with Crippen LogP contribution in [-0.4, -0.2) is 17.1 Å². The summed E-state index contributed by atoms with van der Waals surface area (Å²) in [5.74, 6) is -0.624. The largest absolute Gasteiger partial charge is 0.384 e. The Labute approximate surface area is 102 Å². The third kappa shape index (κ3) is 2.60. The summed E-state index contributed by atoms with van der Waals surface area (Å²) in [6, 6.07) is 4.53. The summed E-state index contributed by atoms with van der Waals surface area (Å²) in [7, 11) is 1.48. The van der Waals surface area contributed by atoms with E-state index in [1.54, 1.807) is 0 Å². The zero-order valence-corrected chi connectivity index (χ0v) is 9.65. The lowest BCUT2D eigenvalue weighted by atomic mass is 10.1. The maximum Gasteiger partial charge on any atom is 0.157 e. The van der Waals surface area contributed by atoms with Gasteiger partial charge in [-0.05, 0) is 18.2 Å². The average Bonchev–Trinajstić information content (AvgIpc) is 2.32. The van der Waals surface area contributed by atoms with Gasteiger partial charge in [0.25, 0.3) is 0 Å². The molecule has 6 heteroatoms. The average molecular weight is 251 g/mol. The van der Waals surface area contributed by atoms with Gasteiger partial charge in [-0.3, -0.25) is 0 Å². The quantitative estimate of drug-likeness (QED) is 0.908. The molecule has 0 amide bonds. The summed E-state index contributed by atoms with van der Waals surface area (Å²) < 4.78 is 31.6. The fourth-order valence-corrected chi connectivity index (χ4v) is 1.54. The van der Waals surface area contributed by atoms with Crippen molar-refractivity contribution in [3.05, 3.63) is 41.7 Å². The van der Waals surface area contributed by atoms with Crippen molar-refractivity contribution in [3.63, 3.8) is 0 Å². The number of methoxy groups -OCH3 is 1. The molecule has 2 rings (SSSR count). The number of anilines is 1. The van der Waals surface area contributed by atoms with Crippen LogP contribution in [0.4, 0.5) is 14.6 Å². The fourth-order valence-electron chi connectivity index (χ4n) is 1.54. The molecular weight excluding hydrogens is 240 g/mol. The number of hydrogen-bond acceptors (Lipinski definition) is 4. The van der Waals surface area contributed by atoms with Crippen LogP contribution < -0.4 is 5.73 Å². The Morgan fingerprint density at radius 3 is 2.72 bits per heavy atom. The molecule has 0 saturated heterocycles. The second-order valence-electron chi connectivity index (χ2n) is 3.65. The highest BCUT2D eigenvalue weighted by molar-refractivity contribution is 5.62. The van der Waals surface area contributed by atoms with Gasteiger partial charge in [0, 0.05) is 18.7 Å². The van der Waals surface area contributed by atoms with Crippen LogP contribution in [0.1, 0.15) is 5.82 Å². The lowest BCUT2D eigenvalue weighted by Gasteiger charge is -2.06. The zero-order valence-electron chi connectivity index (χ0n) is 9.65. The molecular formula is C12H11F2N3O. The number of rotatable bonds is 3. The van der Waals surface area contributed by atoms with Gasteiger partial charge < -0.3 is 10.5 Å². The van der Waals surface area contributed by atoms with Crippen molar-refractivity contribution < 1.29 is 13.5 Å². The van der Waals surface area contributed by atoms with Gasteiger partial charge in [0.05, 0.1) is 5.69 Å². The molecule has 0 aliphatic carbocycles. The zero-order chi connectivity index (χ0) is 13.1. The minimum absolute atomic E-state index is 0.0430. The van der Waals surface area contributed by atoms with Crippen molar-refractivity contribution in [2.45, 2.75) is 6.61 Å². The number of hydrogen-bond donors (Lipinski definition) is 1. The second kappa shape index (κ2) is 5.05. The van der Waals surface area contributed by atoms with Gasteiger partial charge in [0.1, 0.15) is 24.1 Å². The van der Waals surface area contributed by atoms with Crippen LogP contribution in [-0.2, 0) is 11.3 Å². The number of ether oxygens (including phenoxy) is 1. The van der Waals surface area contributed by atoms with Crippen molar-refractivity contribution in [2.75, 3.05) is 12.8 Å².